The molecule has 1 fully saturated rings. The van der Waals surface area contributed by atoms with Crippen molar-refractivity contribution in [1.29, 1.82) is 0 Å². The largest absolute Gasteiger partial charge is 0.355 e. The molecular weight excluding hydrogens is 357 g/mol. The molecule has 0 radical (unpaired) electrons. The van der Waals surface area contributed by atoms with Crippen LogP contribution in [0.4, 0.5) is 4.39 Å². The molecule has 2 aromatic carbocycles. The van der Waals surface area contributed by atoms with Crippen molar-refractivity contribution in [2.45, 2.75) is 37.5 Å². The summed E-state index contributed by atoms with van der Waals surface area (Å²) in [5.74, 6) is 0.180. The Hall–Kier alpha value is -3.02. The minimum atomic E-state index is -0.251. The van der Waals surface area contributed by atoms with Gasteiger partial charge in [0.15, 0.2) is 0 Å². The second-order valence-electron chi connectivity index (χ2n) is 7.45. The molecule has 28 heavy (non-hydrogen) atoms. The summed E-state index contributed by atoms with van der Waals surface area (Å²) in [6, 6.07) is 13.7. The van der Waals surface area contributed by atoms with Gasteiger partial charge in [-0.2, -0.15) is 0 Å². The fraction of sp³-hybridized carbons (Fsp3) is 0.318. The van der Waals surface area contributed by atoms with Gasteiger partial charge in [-0.1, -0.05) is 30.7 Å². The van der Waals surface area contributed by atoms with Crippen LogP contribution in [0.1, 0.15) is 37.1 Å². The van der Waals surface area contributed by atoms with Crippen molar-refractivity contribution < 1.29 is 9.18 Å². The first-order valence-electron chi connectivity index (χ1n) is 9.56. The standard InChI is InChI=1S/C22H22FN3O2/c23-16-8-6-15(7-9-16)22(12-3-13-22)14-24-20(27)11-10-19-25-18-5-2-1-4-17(18)21(28)26-19/h1-2,4-9H,3,10-14H2,(H,24,27)(H,25,26,28). The van der Waals surface area contributed by atoms with Crippen molar-refractivity contribution >= 4 is 16.8 Å². The first-order chi connectivity index (χ1) is 13.6. The van der Waals surface area contributed by atoms with E-state index in [1.165, 1.54) is 12.1 Å². The minimum absolute atomic E-state index is 0.0794. The van der Waals surface area contributed by atoms with Gasteiger partial charge in [0, 0.05) is 24.8 Å². The van der Waals surface area contributed by atoms with E-state index in [1.54, 1.807) is 18.2 Å². The molecule has 1 aromatic heterocycles. The molecule has 0 aliphatic heterocycles. The topological polar surface area (TPSA) is 74.8 Å². The van der Waals surface area contributed by atoms with Crippen molar-refractivity contribution in [1.82, 2.24) is 15.3 Å². The van der Waals surface area contributed by atoms with Gasteiger partial charge in [0.2, 0.25) is 5.91 Å². The predicted octanol–water partition coefficient (Wildman–Crippen LogP) is 3.23. The maximum Gasteiger partial charge on any atom is 0.258 e. The van der Waals surface area contributed by atoms with Gasteiger partial charge in [-0.05, 0) is 42.7 Å². The summed E-state index contributed by atoms with van der Waals surface area (Å²) in [6.07, 6.45) is 3.70. The molecule has 0 atom stereocenters. The highest BCUT2D eigenvalue weighted by atomic mass is 19.1. The summed E-state index contributed by atoms with van der Waals surface area (Å²) < 4.78 is 13.2. The number of H-pyrrole nitrogens is 1. The van der Waals surface area contributed by atoms with Crippen molar-refractivity contribution in [3.05, 3.63) is 76.1 Å². The third-order valence-electron chi connectivity index (χ3n) is 5.64. The second-order valence-corrected chi connectivity index (χ2v) is 7.45. The Labute approximate surface area is 162 Å². The Bertz CT molecular complexity index is 1060. The molecular formula is C22H22FN3O2. The zero-order chi connectivity index (χ0) is 19.6. The lowest BCUT2D eigenvalue weighted by molar-refractivity contribution is -0.121. The summed E-state index contributed by atoms with van der Waals surface area (Å²) in [7, 11) is 0. The number of carbonyl (C=O) groups is 1. The van der Waals surface area contributed by atoms with E-state index in [1.807, 2.05) is 18.2 Å². The Morgan fingerprint density at radius 3 is 2.61 bits per heavy atom. The number of aromatic amines is 1. The molecule has 1 heterocycles. The number of carbonyl (C=O) groups excluding carboxylic acids is 1. The zero-order valence-corrected chi connectivity index (χ0v) is 15.5. The number of nitrogens with zero attached hydrogens (tertiary/aromatic N) is 1. The Kier molecular flexibility index (Phi) is 4.94. The van der Waals surface area contributed by atoms with Crippen molar-refractivity contribution in [2.24, 2.45) is 0 Å². The number of hydrogen-bond acceptors (Lipinski definition) is 3. The first-order valence-corrected chi connectivity index (χ1v) is 9.56. The van der Waals surface area contributed by atoms with Crippen LogP contribution in [0.25, 0.3) is 10.9 Å². The summed E-state index contributed by atoms with van der Waals surface area (Å²) in [6.45, 7) is 0.541. The molecule has 0 saturated heterocycles. The van der Waals surface area contributed by atoms with Gasteiger partial charge < -0.3 is 10.3 Å². The maximum absolute atomic E-state index is 13.2. The third kappa shape index (κ3) is 3.67. The molecule has 0 unspecified atom stereocenters. The van der Waals surface area contributed by atoms with Crippen molar-refractivity contribution in [3.63, 3.8) is 0 Å². The molecule has 4 rings (SSSR count). The number of halogens is 1. The van der Waals surface area contributed by atoms with Crippen LogP contribution >= 0.6 is 0 Å². The van der Waals surface area contributed by atoms with Crippen LogP contribution in [0, 0.1) is 5.82 Å². The van der Waals surface area contributed by atoms with Crippen LogP contribution in [0.5, 0.6) is 0 Å². The van der Waals surface area contributed by atoms with Crippen LogP contribution in [-0.4, -0.2) is 22.4 Å². The fourth-order valence-corrected chi connectivity index (χ4v) is 3.82. The number of rotatable bonds is 6. The van der Waals surface area contributed by atoms with E-state index in [4.69, 9.17) is 0 Å². The van der Waals surface area contributed by atoms with Crippen molar-refractivity contribution in [3.8, 4) is 0 Å². The number of amides is 1. The lowest BCUT2D eigenvalue weighted by Crippen LogP contribution is -2.45. The molecule has 5 nitrogen and oxygen atoms in total. The summed E-state index contributed by atoms with van der Waals surface area (Å²) in [4.78, 5) is 31.6. The van der Waals surface area contributed by atoms with Crippen LogP contribution < -0.4 is 10.9 Å². The summed E-state index contributed by atoms with van der Waals surface area (Å²) >= 11 is 0. The van der Waals surface area contributed by atoms with Crippen LogP contribution in [0.15, 0.2) is 53.3 Å². The molecule has 2 N–H and O–H groups in total. The van der Waals surface area contributed by atoms with Gasteiger partial charge in [-0.15, -0.1) is 0 Å². The average molecular weight is 379 g/mol. The van der Waals surface area contributed by atoms with Gasteiger partial charge in [-0.3, -0.25) is 9.59 Å². The van der Waals surface area contributed by atoms with E-state index in [2.05, 4.69) is 15.3 Å². The number of aryl methyl sites for hydroxylation is 1. The molecule has 1 aliphatic rings. The number of fused-ring (bicyclic) bond motifs is 1. The van der Waals surface area contributed by atoms with E-state index in [0.717, 1.165) is 24.8 Å². The van der Waals surface area contributed by atoms with Crippen LogP contribution in [-0.2, 0) is 16.6 Å². The lowest BCUT2D eigenvalue weighted by Gasteiger charge is -2.42. The number of hydrogen-bond donors (Lipinski definition) is 2. The van der Waals surface area contributed by atoms with E-state index >= 15 is 0 Å². The highest BCUT2D eigenvalue weighted by Gasteiger charge is 2.38. The van der Waals surface area contributed by atoms with Gasteiger partial charge in [0.25, 0.3) is 5.56 Å². The highest BCUT2D eigenvalue weighted by Crippen LogP contribution is 2.43. The molecule has 0 bridgehead atoms. The Balaban J connectivity index is 1.37. The van der Waals surface area contributed by atoms with E-state index in [0.29, 0.717) is 29.7 Å². The van der Waals surface area contributed by atoms with E-state index in [-0.39, 0.29) is 29.1 Å². The average Bonchev–Trinajstić information content (AvgIpc) is 2.67. The van der Waals surface area contributed by atoms with Crippen LogP contribution in [0.3, 0.4) is 0 Å². The van der Waals surface area contributed by atoms with Gasteiger partial charge >= 0.3 is 0 Å². The molecule has 144 valence electrons. The van der Waals surface area contributed by atoms with E-state index in [9.17, 15) is 14.0 Å². The van der Waals surface area contributed by atoms with E-state index < -0.39 is 0 Å². The number of para-hydroxylation sites is 1. The summed E-state index contributed by atoms with van der Waals surface area (Å²) in [5.41, 5.74) is 1.41. The Morgan fingerprint density at radius 1 is 1.14 bits per heavy atom. The Morgan fingerprint density at radius 2 is 1.89 bits per heavy atom. The lowest BCUT2D eigenvalue weighted by atomic mass is 9.64. The smallest absolute Gasteiger partial charge is 0.258 e. The zero-order valence-electron chi connectivity index (χ0n) is 15.5. The predicted molar refractivity (Wildman–Crippen MR) is 106 cm³/mol. The molecule has 1 aliphatic carbocycles. The first kappa shape index (κ1) is 18.3. The number of nitrogens with one attached hydrogen (secondary N) is 2. The SMILES string of the molecule is O=C(CCc1nc2ccccc2c(=O)[nH]1)NCC1(c2ccc(F)cc2)CCC1. The second kappa shape index (κ2) is 7.54. The fourth-order valence-electron chi connectivity index (χ4n) is 3.82. The van der Waals surface area contributed by atoms with Crippen molar-refractivity contribution in [2.75, 3.05) is 6.54 Å². The molecule has 3 aromatic rings. The molecule has 0 spiro atoms. The minimum Gasteiger partial charge on any atom is -0.355 e. The summed E-state index contributed by atoms with van der Waals surface area (Å²) in [5, 5.41) is 3.55. The van der Waals surface area contributed by atoms with Gasteiger partial charge in [0.1, 0.15) is 11.6 Å². The number of benzene rings is 2. The quantitative estimate of drug-likeness (QED) is 0.690. The molecule has 1 saturated carbocycles. The van der Waals surface area contributed by atoms with Gasteiger partial charge in [0.05, 0.1) is 10.9 Å². The normalized spacial score (nSPS) is 15.2. The molecule has 1 amide bonds. The number of aromatic nitrogens is 2. The van der Waals surface area contributed by atoms with Crippen LogP contribution in [0.2, 0.25) is 0 Å². The monoisotopic (exact) mass is 379 g/mol. The highest BCUT2D eigenvalue weighted by molar-refractivity contribution is 5.78. The van der Waals surface area contributed by atoms with Gasteiger partial charge in [-0.25, -0.2) is 9.37 Å². The third-order valence-corrected chi connectivity index (χ3v) is 5.64. The maximum atomic E-state index is 13.2. The molecule has 6 heteroatoms.